The van der Waals surface area contributed by atoms with Gasteiger partial charge in [0.2, 0.25) is 0 Å². The Kier molecular flexibility index (Phi) is 5.54. The molecule has 0 saturated heterocycles. The van der Waals surface area contributed by atoms with Crippen LogP contribution >= 0.6 is 23.2 Å². The average molecular weight is 485 g/mol. The maximum atomic E-state index is 14.1. The van der Waals surface area contributed by atoms with E-state index < -0.39 is 16.1 Å². The Morgan fingerprint density at radius 3 is 2.16 bits per heavy atom. The van der Waals surface area contributed by atoms with Crippen molar-refractivity contribution in [3.63, 3.8) is 0 Å². The van der Waals surface area contributed by atoms with E-state index in [0.29, 0.717) is 10.0 Å². The third-order valence-corrected chi connectivity index (χ3v) is 8.16. The van der Waals surface area contributed by atoms with Gasteiger partial charge in [0.25, 0.3) is 10.0 Å². The van der Waals surface area contributed by atoms with Gasteiger partial charge in [-0.15, -0.1) is 0 Å². The zero-order valence-corrected chi connectivity index (χ0v) is 19.8. The summed E-state index contributed by atoms with van der Waals surface area (Å²) in [5.41, 5.74) is 3.79. The van der Waals surface area contributed by atoms with E-state index in [9.17, 15) is 8.42 Å². The molecule has 3 aromatic rings. The van der Waals surface area contributed by atoms with Crippen molar-refractivity contribution < 1.29 is 8.42 Å². The fourth-order valence-electron chi connectivity index (χ4n) is 4.37. The summed E-state index contributed by atoms with van der Waals surface area (Å²) in [6.45, 7) is 2.01. The summed E-state index contributed by atoms with van der Waals surface area (Å²) in [5, 5.41) is 2.97. The maximum absolute atomic E-state index is 14.1. The van der Waals surface area contributed by atoms with Gasteiger partial charge in [-0.25, -0.2) is 8.42 Å². The van der Waals surface area contributed by atoms with Gasteiger partial charge in [-0.3, -0.25) is 5.01 Å². The van der Waals surface area contributed by atoms with Gasteiger partial charge in [0.05, 0.1) is 10.9 Å². The van der Waals surface area contributed by atoms with Crippen LogP contribution < -0.4 is 0 Å². The molecule has 3 aromatic carbocycles. The molecule has 1 saturated carbocycles. The van der Waals surface area contributed by atoms with Gasteiger partial charge in [0.1, 0.15) is 0 Å². The molecule has 0 aromatic heterocycles. The standard InChI is InChI=1S/C25H22Cl2N2O2S/c1-17-24(18-6-3-2-4-7-18)25(19-10-12-20(26)13-11-19)29(28(17)22-14-15-22)32(30,31)23-9-5-8-21(27)16-23/h2-13,16,22,25H,14-15H2,1H3. The van der Waals surface area contributed by atoms with Crippen LogP contribution in [0.1, 0.15) is 36.9 Å². The van der Waals surface area contributed by atoms with Crippen LogP contribution in [-0.4, -0.2) is 23.9 Å². The molecule has 0 amide bonds. The highest BCUT2D eigenvalue weighted by Crippen LogP contribution is 2.51. The Morgan fingerprint density at radius 2 is 1.53 bits per heavy atom. The van der Waals surface area contributed by atoms with Crippen LogP contribution in [0.4, 0.5) is 0 Å². The van der Waals surface area contributed by atoms with E-state index in [4.69, 9.17) is 23.2 Å². The Morgan fingerprint density at radius 1 is 0.844 bits per heavy atom. The van der Waals surface area contributed by atoms with E-state index >= 15 is 0 Å². The Hall–Kier alpha value is -2.31. The van der Waals surface area contributed by atoms with Gasteiger partial charge < -0.3 is 0 Å². The Bertz CT molecular complexity index is 1290. The smallest absolute Gasteiger partial charge is 0.260 e. The quantitative estimate of drug-likeness (QED) is 0.412. The van der Waals surface area contributed by atoms with Crippen LogP contribution in [0.25, 0.3) is 5.57 Å². The van der Waals surface area contributed by atoms with Gasteiger partial charge in [0, 0.05) is 27.4 Å². The third-order valence-electron chi connectivity index (χ3n) is 5.94. The van der Waals surface area contributed by atoms with E-state index in [1.807, 2.05) is 54.4 Å². The molecule has 1 aliphatic heterocycles. The summed E-state index contributed by atoms with van der Waals surface area (Å²) in [6.07, 6.45) is 1.91. The van der Waals surface area contributed by atoms with Crippen LogP contribution in [0.5, 0.6) is 0 Å². The predicted octanol–water partition coefficient (Wildman–Crippen LogP) is 6.55. The number of benzene rings is 3. The Balaban J connectivity index is 1.74. The summed E-state index contributed by atoms with van der Waals surface area (Å²) >= 11 is 12.3. The highest BCUT2D eigenvalue weighted by atomic mass is 35.5. The van der Waals surface area contributed by atoms with Crippen LogP contribution in [0, 0.1) is 0 Å². The number of allylic oxidation sites excluding steroid dienone is 1. The molecular weight excluding hydrogens is 463 g/mol. The van der Waals surface area contributed by atoms with Crippen molar-refractivity contribution in [1.82, 2.24) is 9.42 Å². The minimum absolute atomic E-state index is 0.153. The second-order valence-electron chi connectivity index (χ2n) is 8.13. The van der Waals surface area contributed by atoms with Crippen LogP contribution in [-0.2, 0) is 10.0 Å². The molecule has 1 unspecified atom stereocenters. The van der Waals surface area contributed by atoms with E-state index in [-0.39, 0.29) is 10.9 Å². The fraction of sp³-hybridized carbons (Fsp3) is 0.200. The maximum Gasteiger partial charge on any atom is 0.260 e. The lowest BCUT2D eigenvalue weighted by atomic mass is 9.93. The molecule has 2 aliphatic rings. The molecule has 1 aliphatic carbocycles. The first kappa shape index (κ1) is 21.5. The summed E-state index contributed by atoms with van der Waals surface area (Å²) in [4.78, 5) is 0.178. The first-order valence-electron chi connectivity index (χ1n) is 10.5. The van der Waals surface area contributed by atoms with Gasteiger partial charge in [-0.1, -0.05) is 76.1 Å². The lowest BCUT2D eigenvalue weighted by Crippen LogP contribution is -2.44. The fourth-order valence-corrected chi connectivity index (χ4v) is 6.49. The summed E-state index contributed by atoms with van der Waals surface area (Å²) in [7, 11) is -3.90. The molecule has 0 radical (unpaired) electrons. The molecule has 7 heteroatoms. The average Bonchev–Trinajstić information content (AvgIpc) is 3.57. The first-order valence-corrected chi connectivity index (χ1v) is 12.7. The third kappa shape index (κ3) is 3.73. The number of halogens is 2. The lowest BCUT2D eigenvalue weighted by molar-refractivity contribution is 0.0942. The molecule has 164 valence electrons. The minimum atomic E-state index is -3.90. The molecular formula is C25H22Cl2N2O2S. The molecule has 0 spiro atoms. The van der Waals surface area contributed by atoms with Crippen molar-refractivity contribution in [2.75, 3.05) is 0 Å². The number of hydrogen-bond donors (Lipinski definition) is 0. The highest BCUT2D eigenvalue weighted by Gasteiger charge is 2.50. The van der Waals surface area contributed by atoms with Crippen molar-refractivity contribution in [3.05, 3.63) is 106 Å². The van der Waals surface area contributed by atoms with Gasteiger partial charge in [0.15, 0.2) is 0 Å². The van der Waals surface area contributed by atoms with Crippen molar-refractivity contribution in [2.45, 2.75) is 36.7 Å². The Labute approximate surface area is 198 Å². The van der Waals surface area contributed by atoms with Gasteiger partial charge in [-0.2, -0.15) is 0 Å². The SMILES string of the molecule is CC1=C(c2ccccc2)C(c2ccc(Cl)cc2)N(S(=O)(=O)c2cccc(Cl)c2)N1C1CC1. The molecule has 0 N–H and O–H groups in total. The normalized spacial score (nSPS) is 19.6. The van der Waals surface area contributed by atoms with E-state index in [2.05, 4.69) is 0 Å². The number of rotatable bonds is 5. The lowest BCUT2D eigenvalue weighted by Gasteiger charge is -2.34. The molecule has 32 heavy (non-hydrogen) atoms. The number of sulfonamides is 1. The van der Waals surface area contributed by atoms with Crippen LogP contribution in [0.3, 0.4) is 0 Å². The van der Waals surface area contributed by atoms with Gasteiger partial charge >= 0.3 is 0 Å². The van der Waals surface area contributed by atoms with Crippen LogP contribution in [0.2, 0.25) is 10.0 Å². The molecule has 4 nitrogen and oxygen atoms in total. The van der Waals surface area contributed by atoms with E-state index in [1.165, 1.54) is 6.07 Å². The number of hydrogen-bond acceptors (Lipinski definition) is 3. The van der Waals surface area contributed by atoms with Crippen molar-refractivity contribution in [3.8, 4) is 0 Å². The minimum Gasteiger partial charge on any atom is -0.292 e. The molecule has 5 rings (SSSR count). The highest BCUT2D eigenvalue weighted by molar-refractivity contribution is 7.89. The molecule has 1 atom stereocenters. The molecule has 1 heterocycles. The van der Waals surface area contributed by atoms with Gasteiger partial charge in [-0.05, 0) is 61.2 Å². The molecule has 0 bridgehead atoms. The first-order chi connectivity index (χ1) is 15.4. The zero-order valence-electron chi connectivity index (χ0n) is 17.4. The summed E-state index contributed by atoms with van der Waals surface area (Å²) < 4.78 is 29.7. The van der Waals surface area contributed by atoms with E-state index in [0.717, 1.165) is 35.2 Å². The zero-order chi connectivity index (χ0) is 22.5. The van der Waals surface area contributed by atoms with Crippen LogP contribution in [0.15, 0.2) is 89.5 Å². The number of nitrogens with zero attached hydrogens (tertiary/aromatic N) is 2. The van der Waals surface area contributed by atoms with Crippen molar-refractivity contribution in [1.29, 1.82) is 0 Å². The monoisotopic (exact) mass is 484 g/mol. The summed E-state index contributed by atoms with van der Waals surface area (Å²) in [6, 6.07) is 23.5. The van der Waals surface area contributed by atoms with E-state index in [1.54, 1.807) is 34.7 Å². The van der Waals surface area contributed by atoms with Crippen molar-refractivity contribution in [2.24, 2.45) is 0 Å². The predicted molar refractivity (Wildman–Crippen MR) is 129 cm³/mol. The number of hydrazine groups is 1. The van der Waals surface area contributed by atoms with Crippen molar-refractivity contribution >= 4 is 38.8 Å². The summed E-state index contributed by atoms with van der Waals surface area (Å²) in [5.74, 6) is 0. The largest absolute Gasteiger partial charge is 0.292 e. The second kappa shape index (κ2) is 8.23. The topological polar surface area (TPSA) is 40.6 Å². The molecule has 1 fully saturated rings. The second-order valence-corrected chi connectivity index (χ2v) is 10.8.